The Hall–Kier alpha value is -0.569. The van der Waals surface area contributed by atoms with E-state index in [0.29, 0.717) is 0 Å². The molecule has 0 heterocycles. The van der Waals surface area contributed by atoms with E-state index < -0.39 is 14.0 Å². The number of hydrogen-bond acceptors (Lipinski definition) is 0. The minimum atomic E-state index is -2.89. The van der Waals surface area contributed by atoms with E-state index in [1.165, 1.54) is 29.5 Å². The van der Waals surface area contributed by atoms with Gasteiger partial charge in [-0.05, 0) is 0 Å². The third-order valence-corrected chi connectivity index (χ3v) is 16.7. The fourth-order valence-electron chi connectivity index (χ4n) is 4.80. The van der Waals surface area contributed by atoms with Crippen LogP contribution < -0.4 is 3.87 Å². The van der Waals surface area contributed by atoms with Crippen molar-refractivity contribution in [3.05, 3.63) is 75.2 Å². The van der Waals surface area contributed by atoms with Crippen molar-refractivity contribution < 1.29 is 14.0 Å². The van der Waals surface area contributed by atoms with Crippen LogP contribution >= 0.6 is 24.8 Å². The van der Waals surface area contributed by atoms with Crippen molar-refractivity contribution >= 4 is 36.3 Å². The molecule has 2 aliphatic rings. The zero-order valence-electron chi connectivity index (χ0n) is 15.8. The molecule has 2 aliphatic carbocycles. The average Bonchev–Trinajstić information content (AvgIpc) is 3.19. The predicted octanol–water partition coefficient (Wildman–Crippen LogP) is 5.68. The molecule has 0 aliphatic heterocycles. The second-order valence-corrected chi connectivity index (χ2v) is 27.2. The predicted molar refractivity (Wildman–Crippen MR) is 120 cm³/mol. The first-order valence-electron chi connectivity index (χ1n) is 9.08. The van der Waals surface area contributed by atoms with Crippen LogP contribution in [0.4, 0.5) is 0 Å². The van der Waals surface area contributed by atoms with E-state index in [2.05, 4.69) is 79.6 Å². The van der Waals surface area contributed by atoms with Crippen LogP contribution in [0.1, 0.15) is 30.9 Å². The van der Waals surface area contributed by atoms with Gasteiger partial charge in [0.25, 0.3) is 0 Å². The minimum absolute atomic E-state index is 0. The molecule has 0 amide bonds. The standard InChI is InChI=1S/C13H9.C7H9.2CH3.2ClH.H2Si.Ti/c1-3-7-12-10(5-1)9-11-6-2-4-8-13(11)12;1-2-7-5-3-4-6-7;;;;;;/h1-5,7-8H,9H2;3,5H,2,4H2,1H3;2*1H3;2*1H;1H2;. The third-order valence-electron chi connectivity index (χ3n) is 6.09. The first-order valence-corrected chi connectivity index (χ1v) is 17.8. The van der Waals surface area contributed by atoms with E-state index in [0.717, 1.165) is 6.42 Å². The molecule has 138 valence electrons. The van der Waals surface area contributed by atoms with Crippen molar-refractivity contribution in [2.45, 2.75) is 36.6 Å². The van der Waals surface area contributed by atoms with Gasteiger partial charge in [0.15, 0.2) is 0 Å². The molecular weight excluding hydrogens is 411 g/mol. The molecule has 4 rings (SSSR count). The van der Waals surface area contributed by atoms with E-state index in [1.54, 1.807) is 18.9 Å². The maximum Gasteiger partial charge on any atom is -0.147 e. The quantitative estimate of drug-likeness (QED) is 0.461. The van der Waals surface area contributed by atoms with Gasteiger partial charge in [-0.25, -0.2) is 0 Å². The topological polar surface area (TPSA) is 0 Å². The van der Waals surface area contributed by atoms with Gasteiger partial charge in [0, 0.05) is 0 Å². The Morgan fingerprint density at radius 2 is 1.65 bits per heavy atom. The van der Waals surface area contributed by atoms with Gasteiger partial charge in [0.2, 0.25) is 0 Å². The average molecular weight is 439 g/mol. The normalized spacial score (nSPS) is 15.2. The summed E-state index contributed by atoms with van der Waals surface area (Å²) in [6.07, 6.45) is 8.23. The van der Waals surface area contributed by atoms with Crippen LogP contribution in [0.15, 0.2) is 64.1 Å². The Balaban J connectivity index is 0.00000121. The third kappa shape index (κ3) is 3.23. The Morgan fingerprint density at radius 3 is 2.38 bits per heavy atom. The Morgan fingerprint density at radius 1 is 0.962 bits per heavy atom. The molecule has 0 radical (unpaired) electrons. The van der Waals surface area contributed by atoms with Gasteiger partial charge in [-0.15, -0.1) is 24.8 Å². The summed E-state index contributed by atoms with van der Waals surface area (Å²) in [5, 5.41) is 5.26. The van der Waals surface area contributed by atoms with E-state index in [4.69, 9.17) is 0 Å². The van der Waals surface area contributed by atoms with Crippen LogP contribution in [0, 0.1) is 0 Å². The van der Waals surface area contributed by atoms with E-state index in [1.807, 2.05) is 0 Å². The summed E-state index contributed by atoms with van der Waals surface area (Å²) in [4.78, 5) is 0. The summed E-state index contributed by atoms with van der Waals surface area (Å²) in [6, 6.07) is 16.0. The number of rotatable bonds is 3. The smallest absolute Gasteiger partial charge is 0.147 e. The van der Waals surface area contributed by atoms with E-state index >= 15 is 0 Å². The number of hydrogen-bond donors (Lipinski definition) is 0. The maximum atomic E-state index is 2.63. The summed E-state index contributed by atoms with van der Waals surface area (Å²) in [5.74, 6) is 0. The van der Waals surface area contributed by atoms with Crippen LogP contribution in [-0.4, -0.2) is 7.63 Å². The molecule has 2 aromatic rings. The zero-order chi connectivity index (χ0) is 17.0. The molecule has 0 unspecified atom stereocenters. The Labute approximate surface area is 172 Å². The SMILES string of the molecule is CCC1=[C]([Ti]([CH3])([CH3])(=[SiH2])[c]2cccc3c2Cc2ccccc2-3)CC=C1.Cl.Cl. The molecule has 0 aromatic heterocycles. The molecule has 0 N–H and O–H groups in total. The maximum absolute atomic E-state index is 2.89. The first kappa shape index (κ1) is 21.7. The van der Waals surface area contributed by atoms with Crippen LogP contribution in [0.25, 0.3) is 11.1 Å². The van der Waals surface area contributed by atoms with E-state index in [9.17, 15) is 0 Å². The van der Waals surface area contributed by atoms with Crippen molar-refractivity contribution in [1.29, 1.82) is 0 Å². The van der Waals surface area contributed by atoms with Crippen molar-refractivity contribution in [3.8, 4) is 11.1 Å². The van der Waals surface area contributed by atoms with Gasteiger partial charge >= 0.3 is 149 Å². The van der Waals surface area contributed by atoms with Gasteiger partial charge in [0.1, 0.15) is 0 Å². The molecule has 2 aromatic carbocycles. The second-order valence-electron chi connectivity index (χ2n) is 8.32. The van der Waals surface area contributed by atoms with Gasteiger partial charge in [-0.3, -0.25) is 0 Å². The Kier molecular flexibility index (Phi) is 6.23. The summed E-state index contributed by atoms with van der Waals surface area (Å²) >= 11 is -2.89. The van der Waals surface area contributed by atoms with Crippen LogP contribution in [0.3, 0.4) is 0 Å². The van der Waals surface area contributed by atoms with Crippen LogP contribution in [-0.2, 0) is 20.5 Å². The van der Waals surface area contributed by atoms with Gasteiger partial charge in [-0.1, -0.05) is 0 Å². The van der Waals surface area contributed by atoms with Gasteiger partial charge < -0.3 is 0 Å². The zero-order valence-corrected chi connectivity index (χ0v) is 20.4. The number of benzene rings is 2. The molecule has 0 bridgehead atoms. The van der Waals surface area contributed by atoms with Crippen LogP contribution in [0.2, 0.25) is 10.5 Å². The summed E-state index contributed by atoms with van der Waals surface area (Å²) in [7, 11) is 2.36. The summed E-state index contributed by atoms with van der Waals surface area (Å²) < 4.78 is 3.49. The fraction of sp³-hybridized carbons (Fsp3) is 0.273. The fourth-order valence-corrected chi connectivity index (χ4v) is 14.3. The van der Waals surface area contributed by atoms with Gasteiger partial charge in [-0.2, -0.15) is 0 Å². The summed E-state index contributed by atoms with van der Waals surface area (Å²) in [6.45, 7) is 2.31. The first-order chi connectivity index (χ1) is 11.4. The number of allylic oxidation sites excluding steroid dienone is 4. The molecular formula is C22H28Cl2SiTi. The Bertz CT molecular complexity index is 979. The second kappa shape index (κ2) is 7.45. The van der Waals surface area contributed by atoms with Crippen LogP contribution in [0.5, 0.6) is 0 Å². The molecule has 0 fully saturated rings. The number of fused-ring (bicyclic) bond motifs is 3. The van der Waals surface area contributed by atoms with Gasteiger partial charge in [0.05, 0.1) is 0 Å². The number of halogens is 2. The molecule has 0 atom stereocenters. The molecule has 0 spiro atoms. The van der Waals surface area contributed by atoms with Crippen molar-refractivity contribution in [3.63, 3.8) is 0 Å². The largest absolute Gasteiger partial charge is 0.147 e. The molecule has 26 heavy (non-hydrogen) atoms. The molecule has 0 saturated carbocycles. The molecule has 0 saturated heterocycles. The molecule has 4 heteroatoms. The van der Waals surface area contributed by atoms with Crippen molar-refractivity contribution in [1.82, 2.24) is 0 Å². The minimum Gasteiger partial charge on any atom is -0.147 e. The summed E-state index contributed by atoms with van der Waals surface area (Å²) in [5.41, 5.74) is 7.67. The monoisotopic (exact) mass is 438 g/mol. The van der Waals surface area contributed by atoms with Crippen molar-refractivity contribution in [2.75, 3.05) is 0 Å². The van der Waals surface area contributed by atoms with E-state index in [-0.39, 0.29) is 24.8 Å². The van der Waals surface area contributed by atoms with Crippen molar-refractivity contribution in [2.24, 2.45) is 0 Å². The molecule has 0 nitrogen and oxygen atoms in total.